The fraction of sp³-hybridized carbons (Fsp3) is 0.250. The first-order chi connectivity index (χ1) is 17.1. The molecule has 0 fully saturated rings. The predicted molar refractivity (Wildman–Crippen MR) is 151 cm³/mol. The second-order valence-corrected chi connectivity index (χ2v) is 11.0. The number of hydrazone groups is 1. The molecule has 0 aliphatic carbocycles. The highest BCUT2D eigenvalue weighted by Gasteiger charge is 2.43. The maximum atomic E-state index is 13.9. The number of benzene rings is 3. The highest BCUT2D eigenvalue weighted by atomic mass is 35.5. The molecule has 8 heteroatoms. The molecule has 1 aliphatic rings. The molecule has 0 saturated heterocycles. The summed E-state index contributed by atoms with van der Waals surface area (Å²) in [5, 5.41) is 5.97. The molecular weight excluding hydrogens is 513 g/mol. The van der Waals surface area contributed by atoms with Gasteiger partial charge in [0.2, 0.25) is 5.91 Å². The third-order valence-corrected chi connectivity index (χ3v) is 7.75. The van der Waals surface area contributed by atoms with Crippen LogP contribution in [0.1, 0.15) is 43.4 Å². The van der Waals surface area contributed by atoms with E-state index in [1.807, 2.05) is 19.9 Å². The Morgan fingerprint density at radius 1 is 1.00 bits per heavy atom. The zero-order valence-electron chi connectivity index (χ0n) is 20.8. The molecule has 0 radical (unpaired) electrons. The number of para-hydroxylation sites is 1. The summed E-state index contributed by atoms with van der Waals surface area (Å²) in [5.74, 6) is -0.0412. The molecular formula is C28H27Cl2N3O2S. The summed E-state index contributed by atoms with van der Waals surface area (Å²) >= 11 is 14.4. The number of hydrogen-bond acceptors (Lipinski definition) is 4. The molecule has 3 aromatic carbocycles. The van der Waals surface area contributed by atoms with E-state index in [4.69, 9.17) is 23.2 Å². The maximum absolute atomic E-state index is 13.9. The lowest BCUT2D eigenvalue weighted by atomic mass is 10.0. The van der Waals surface area contributed by atoms with E-state index in [-0.39, 0.29) is 17.7 Å². The van der Waals surface area contributed by atoms with Gasteiger partial charge in [0, 0.05) is 11.8 Å². The van der Waals surface area contributed by atoms with E-state index in [2.05, 4.69) is 37.1 Å². The normalized spacial score (nSPS) is 15.4. The molecule has 1 unspecified atom stereocenters. The van der Waals surface area contributed by atoms with E-state index >= 15 is 0 Å². The topological polar surface area (TPSA) is 53.0 Å². The van der Waals surface area contributed by atoms with Crippen LogP contribution in [0.15, 0.2) is 70.7 Å². The highest BCUT2D eigenvalue weighted by molar-refractivity contribution is 8.01. The van der Waals surface area contributed by atoms with Gasteiger partial charge in [-0.05, 0) is 66.8 Å². The number of carbonyl (C=O) groups is 2. The number of aryl methyl sites for hydroxylation is 2. The van der Waals surface area contributed by atoms with Gasteiger partial charge in [-0.25, -0.2) is 0 Å². The Balaban J connectivity index is 1.88. The summed E-state index contributed by atoms with van der Waals surface area (Å²) in [5.41, 5.74) is 4.09. The molecule has 36 heavy (non-hydrogen) atoms. The molecule has 186 valence electrons. The second-order valence-electron chi connectivity index (χ2n) is 9.06. The summed E-state index contributed by atoms with van der Waals surface area (Å²) in [6, 6.07) is 18.7. The van der Waals surface area contributed by atoms with E-state index < -0.39 is 5.25 Å². The smallest absolute Gasteiger partial charge is 0.268 e. The highest BCUT2D eigenvalue weighted by Crippen LogP contribution is 2.40. The summed E-state index contributed by atoms with van der Waals surface area (Å²) in [6.45, 7) is 9.61. The van der Waals surface area contributed by atoms with Gasteiger partial charge in [0.1, 0.15) is 0 Å². The SMILES string of the molecule is CC(=O)N(C1=NN(c2ccccc2Cl)C(=O)C1Sc1cc(C)ccc1C(C)C)c1ccc(C)cc1Cl. The van der Waals surface area contributed by atoms with Crippen molar-refractivity contribution in [2.75, 3.05) is 9.91 Å². The van der Waals surface area contributed by atoms with E-state index in [9.17, 15) is 9.59 Å². The molecule has 3 aromatic rings. The Labute approximate surface area is 226 Å². The number of carbonyl (C=O) groups excluding carboxylic acids is 2. The van der Waals surface area contributed by atoms with Crippen LogP contribution in [-0.4, -0.2) is 22.9 Å². The van der Waals surface area contributed by atoms with Crippen molar-refractivity contribution in [1.82, 2.24) is 0 Å². The molecule has 0 bridgehead atoms. The Kier molecular flexibility index (Phi) is 7.79. The van der Waals surface area contributed by atoms with Crippen molar-refractivity contribution < 1.29 is 9.59 Å². The molecule has 0 aromatic heterocycles. The molecule has 4 rings (SSSR count). The van der Waals surface area contributed by atoms with Crippen LogP contribution in [0.25, 0.3) is 0 Å². The number of hydrogen-bond donors (Lipinski definition) is 0. The average Bonchev–Trinajstić information content (AvgIpc) is 3.11. The van der Waals surface area contributed by atoms with Crippen molar-refractivity contribution in [3.8, 4) is 0 Å². The second kappa shape index (κ2) is 10.7. The van der Waals surface area contributed by atoms with Gasteiger partial charge in [0.05, 0.1) is 21.4 Å². The van der Waals surface area contributed by atoms with Gasteiger partial charge in [0.15, 0.2) is 11.1 Å². The van der Waals surface area contributed by atoms with Crippen LogP contribution >= 0.6 is 35.0 Å². The molecule has 0 spiro atoms. The van der Waals surface area contributed by atoms with Crippen LogP contribution in [0.4, 0.5) is 11.4 Å². The third-order valence-electron chi connectivity index (χ3n) is 5.87. The lowest BCUT2D eigenvalue weighted by Crippen LogP contribution is -2.42. The van der Waals surface area contributed by atoms with Crippen molar-refractivity contribution in [3.63, 3.8) is 0 Å². The Bertz CT molecular complexity index is 1370. The van der Waals surface area contributed by atoms with Gasteiger partial charge in [-0.1, -0.05) is 67.4 Å². The minimum Gasteiger partial charge on any atom is -0.274 e. The zero-order valence-corrected chi connectivity index (χ0v) is 23.1. The summed E-state index contributed by atoms with van der Waals surface area (Å²) in [4.78, 5) is 29.3. The number of halogens is 2. The predicted octanol–water partition coefficient (Wildman–Crippen LogP) is 7.61. The van der Waals surface area contributed by atoms with Gasteiger partial charge in [0.25, 0.3) is 5.91 Å². The minimum atomic E-state index is -0.790. The number of nitrogens with zero attached hydrogens (tertiary/aromatic N) is 3. The Morgan fingerprint density at radius 3 is 2.31 bits per heavy atom. The summed E-state index contributed by atoms with van der Waals surface area (Å²) in [7, 11) is 0. The van der Waals surface area contributed by atoms with Crippen molar-refractivity contribution >= 4 is 64.0 Å². The molecule has 0 saturated carbocycles. The van der Waals surface area contributed by atoms with Crippen LogP contribution < -0.4 is 9.91 Å². The first-order valence-corrected chi connectivity index (χ1v) is 13.2. The molecule has 5 nitrogen and oxygen atoms in total. The Morgan fingerprint density at radius 2 is 1.67 bits per heavy atom. The van der Waals surface area contributed by atoms with Crippen LogP contribution in [0.2, 0.25) is 10.0 Å². The first-order valence-electron chi connectivity index (χ1n) is 11.6. The quantitative estimate of drug-likeness (QED) is 0.335. The monoisotopic (exact) mass is 539 g/mol. The largest absolute Gasteiger partial charge is 0.274 e. The van der Waals surface area contributed by atoms with E-state index in [0.717, 1.165) is 21.6 Å². The number of thioether (sulfide) groups is 1. The number of anilines is 2. The molecule has 1 heterocycles. The van der Waals surface area contributed by atoms with Crippen molar-refractivity contribution in [1.29, 1.82) is 0 Å². The Hall–Kier alpha value is -2.80. The number of rotatable bonds is 5. The fourth-order valence-electron chi connectivity index (χ4n) is 4.08. The van der Waals surface area contributed by atoms with Gasteiger partial charge in [-0.2, -0.15) is 5.01 Å². The molecule has 1 aliphatic heterocycles. The van der Waals surface area contributed by atoms with Gasteiger partial charge in [-0.3, -0.25) is 14.5 Å². The van der Waals surface area contributed by atoms with E-state index in [0.29, 0.717) is 27.3 Å². The van der Waals surface area contributed by atoms with Gasteiger partial charge in [-0.15, -0.1) is 16.9 Å². The van der Waals surface area contributed by atoms with Crippen molar-refractivity contribution in [2.45, 2.75) is 50.7 Å². The molecule has 1 atom stereocenters. The minimum absolute atomic E-state index is 0.250. The fourth-order valence-corrected chi connectivity index (χ4v) is 6.02. The summed E-state index contributed by atoms with van der Waals surface area (Å²) < 4.78 is 0. The van der Waals surface area contributed by atoms with Gasteiger partial charge >= 0.3 is 0 Å². The summed E-state index contributed by atoms with van der Waals surface area (Å²) in [6.07, 6.45) is 0. The third kappa shape index (κ3) is 5.17. The lowest BCUT2D eigenvalue weighted by molar-refractivity contribution is -0.116. The standard InChI is InChI=1S/C28H27Cl2N3O2S/c1-16(2)20-12-10-18(4)15-25(20)36-26-27(31-33(28(26)35)24-9-7-6-8-21(24)29)32(19(5)34)23-13-11-17(3)14-22(23)30/h6-16,26H,1-5H3. The van der Waals surface area contributed by atoms with Crippen molar-refractivity contribution in [2.24, 2.45) is 5.10 Å². The lowest BCUT2D eigenvalue weighted by Gasteiger charge is -2.25. The maximum Gasteiger partial charge on any atom is 0.268 e. The first kappa shape index (κ1) is 26.3. The molecule has 2 amide bonds. The van der Waals surface area contributed by atoms with E-state index in [1.165, 1.54) is 28.6 Å². The van der Waals surface area contributed by atoms with Crippen LogP contribution in [0.3, 0.4) is 0 Å². The average molecular weight is 541 g/mol. The van der Waals surface area contributed by atoms with Crippen LogP contribution in [-0.2, 0) is 9.59 Å². The number of amides is 2. The van der Waals surface area contributed by atoms with E-state index in [1.54, 1.807) is 36.4 Å². The zero-order chi connectivity index (χ0) is 26.1. The number of amidine groups is 1. The van der Waals surface area contributed by atoms with Crippen LogP contribution in [0, 0.1) is 13.8 Å². The van der Waals surface area contributed by atoms with Crippen LogP contribution in [0.5, 0.6) is 0 Å². The van der Waals surface area contributed by atoms with Gasteiger partial charge < -0.3 is 0 Å². The van der Waals surface area contributed by atoms with Crippen molar-refractivity contribution in [3.05, 3.63) is 87.4 Å². The molecule has 0 N–H and O–H groups in total.